The molecule has 0 saturated heterocycles. The standard InChI is InChI=1S/C23H19BrN6/c24-18-10-4-1-7-15(18)23-27-19-11-5-2-8-16(19)21(28-23)25-13-14-26-22-17-9-3-6-12-20(17)29-30-22/h1-12H,13-14H2,(H,25,27,28)(H2,26,29,30). The molecule has 0 radical (unpaired) electrons. The molecular formula is C23H19BrN6. The summed E-state index contributed by atoms with van der Waals surface area (Å²) in [6, 6.07) is 24.1. The van der Waals surface area contributed by atoms with Crippen LogP contribution in [0.5, 0.6) is 0 Å². The molecule has 0 aliphatic rings. The SMILES string of the molecule is Brc1ccccc1-c1nc(NCCNc2n[nH]c3ccccc23)c2ccccc2n1. The lowest BCUT2D eigenvalue weighted by Crippen LogP contribution is -2.15. The lowest BCUT2D eigenvalue weighted by molar-refractivity contribution is 1.03. The largest absolute Gasteiger partial charge is 0.368 e. The van der Waals surface area contributed by atoms with Crippen LogP contribution in [0, 0.1) is 0 Å². The van der Waals surface area contributed by atoms with Gasteiger partial charge >= 0.3 is 0 Å². The molecule has 6 nitrogen and oxygen atoms in total. The normalized spacial score (nSPS) is 11.1. The van der Waals surface area contributed by atoms with Crippen molar-refractivity contribution >= 4 is 49.4 Å². The van der Waals surface area contributed by atoms with Gasteiger partial charge in [0.15, 0.2) is 11.6 Å². The molecule has 2 aromatic heterocycles. The van der Waals surface area contributed by atoms with Crippen LogP contribution in [-0.4, -0.2) is 33.3 Å². The van der Waals surface area contributed by atoms with E-state index in [2.05, 4.69) is 42.8 Å². The molecule has 0 amide bonds. The average molecular weight is 459 g/mol. The molecule has 0 fully saturated rings. The highest BCUT2D eigenvalue weighted by Crippen LogP contribution is 2.29. The minimum atomic E-state index is 0.690. The summed E-state index contributed by atoms with van der Waals surface area (Å²) in [6.45, 7) is 1.40. The number of aromatic nitrogens is 4. The lowest BCUT2D eigenvalue weighted by atomic mass is 10.2. The molecule has 3 N–H and O–H groups in total. The third kappa shape index (κ3) is 3.59. The highest BCUT2D eigenvalue weighted by molar-refractivity contribution is 9.10. The number of anilines is 2. The second-order valence-corrected chi connectivity index (χ2v) is 7.72. The van der Waals surface area contributed by atoms with Crippen molar-refractivity contribution in [3.63, 3.8) is 0 Å². The van der Waals surface area contributed by atoms with E-state index in [1.54, 1.807) is 0 Å². The average Bonchev–Trinajstić information content (AvgIpc) is 3.20. The Balaban J connectivity index is 1.37. The third-order valence-corrected chi connectivity index (χ3v) is 5.59. The number of hydrogen-bond acceptors (Lipinski definition) is 5. The summed E-state index contributed by atoms with van der Waals surface area (Å²) in [5.41, 5.74) is 2.90. The molecular weight excluding hydrogens is 440 g/mol. The third-order valence-electron chi connectivity index (χ3n) is 4.90. The molecule has 5 rings (SSSR count). The number of nitrogens with one attached hydrogen (secondary N) is 3. The molecule has 148 valence electrons. The molecule has 3 aromatic carbocycles. The van der Waals surface area contributed by atoms with Crippen molar-refractivity contribution in [3.8, 4) is 11.4 Å². The minimum absolute atomic E-state index is 0.690. The van der Waals surface area contributed by atoms with Gasteiger partial charge in [-0.1, -0.05) is 58.4 Å². The van der Waals surface area contributed by atoms with Crippen LogP contribution in [0.25, 0.3) is 33.2 Å². The summed E-state index contributed by atoms with van der Waals surface area (Å²) >= 11 is 3.61. The van der Waals surface area contributed by atoms with Gasteiger partial charge in [0.1, 0.15) is 5.82 Å². The predicted octanol–water partition coefficient (Wildman–Crippen LogP) is 5.46. The number of hydrogen-bond donors (Lipinski definition) is 3. The fourth-order valence-electron chi connectivity index (χ4n) is 3.43. The maximum atomic E-state index is 4.81. The van der Waals surface area contributed by atoms with Gasteiger partial charge in [-0.3, -0.25) is 5.10 Å². The Bertz CT molecular complexity index is 1330. The molecule has 7 heteroatoms. The van der Waals surface area contributed by atoms with Gasteiger partial charge in [-0.05, 0) is 30.3 Å². The van der Waals surface area contributed by atoms with Gasteiger partial charge < -0.3 is 10.6 Å². The van der Waals surface area contributed by atoms with Crippen molar-refractivity contribution in [3.05, 3.63) is 77.3 Å². The second kappa shape index (κ2) is 8.12. The molecule has 2 heterocycles. The van der Waals surface area contributed by atoms with Gasteiger partial charge in [0.05, 0.1) is 11.0 Å². The second-order valence-electron chi connectivity index (χ2n) is 6.86. The van der Waals surface area contributed by atoms with E-state index in [1.807, 2.05) is 66.7 Å². The molecule has 0 spiro atoms. The Morgan fingerprint density at radius 2 is 1.43 bits per heavy atom. The van der Waals surface area contributed by atoms with Crippen LogP contribution in [-0.2, 0) is 0 Å². The number of rotatable bonds is 6. The Labute approximate surface area is 181 Å². The van der Waals surface area contributed by atoms with Gasteiger partial charge in [-0.25, -0.2) is 9.97 Å². The lowest BCUT2D eigenvalue weighted by Gasteiger charge is -2.12. The van der Waals surface area contributed by atoms with Gasteiger partial charge in [-0.15, -0.1) is 0 Å². The minimum Gasteiger partial charge on any atom is -0.368 e. The maximum absolute atomic E-state index is 4.81. The van der Waals surface area contributed by atoms with Crippen LogP contribution in [0.3, 0.4) is 0 Å². The molecule has 5 aromatic rings. The molecule has 0 unspecified atom stereocenters. The monoisotopic (exact) mass is 458 g/mol. The van der Waals surface area contributed by atoms with Crippen molar-refractivity contribution in [2.75, 3.05) is 23.7 Å². The van der Waals surface area contributed by atoms with Crippen molar-refractivity contribution in [2.45, 2.75) is 0 Å². The number of halogens is 1. The number of para-hydroxylation sites is 2. The first-order valence-corrected chi connectivity index (χ1v) is 10.5. The van der Waals surface area contributed by atoms with Crippen LogP contribution >= 0.6 is 15.9 Å². The van der Waals surface area contributed by atoms with Gasteiger partial charge in [-0.2, -0.15) is 5.10 Å². The number of H-pyrrole nitrogens is 1. The molecule has 0 bridgehead atoms. The van der Waals surface area contributed by atoms with Crippen LogP contribution in [0.2, 0.25) is 0 Å². The molecule has 30 heavy (non-hydrogen) atoms. The highest BCUT2D eigenvalue weighted by atomic mass is 79.9. The Morgan fingerprint density at radius 1 is 0.733 bits per heavy atom. The van der Waals surface area contributed by atoms with Gasteiger partial charge in [0.2, 0.25) is 0 Å². The van der Waals surface area contributed by atoms with Crippen LogP contribution in [0.1, 0.15) is 0 Å². The zero-order valence-electron chi connectivity index (χ0n) is 16.1. The van der Waals surface area contributed by atoms with Gasteiger partial charge in [0, 0.05) is 33.9 Å². The fourth-order valence-corrected chi connectivity index (χ4v) is 3.90. The molecule has 0 aliphatic heterocycles. The van der Waals surface area contributed by atoms with Crippen LogP contribution < -0.4 is 10.6 Å². The fraction of sp³-hybridized carbons (Fsp3) is 0.0870. The summed E-state index contributed by atoms with van der Waals surface area (Å²) in [6.07, 6.45) is 0. The predicted molar refractivity (Wildman–Crippen MR) is 126 cm³/mol. The van der Waals surface area contributed by atoms with E-state index in [4.69, 9.17) is 9.97 Å². The van der Waals surface area contributed by atoms with E-state index in [0.717, 1.165) is 43.5 Å². The zero-order chi connectivity index (χ0) is 20.3. The Morgan fingerprint density at radius 3 is 2.30 bits per heavy atom. The van der Waals surface area contributed by atoms with Gasteiger partial charge in [0.25, 0.3) is 0 Å². The summed E-state index contributed by atoms with van der Waals surface area (Å²) in [5, 5.41) is 16.3. The van der Waals surface area contributed by atoms with E-state index >= 15 is 0 Å². The maximum Gasteiger partial charge on any atom is 0.163 e. The van der Waals surface area contributed by atoms with Crippen molar-refractivity contribution in [1.82, 2.24) is 20.2 Å². The van der Waals surface area contributed by atoms with E-state index in [9.17, 15) is 0 Å². The smallest absolute Gasteiger partial charge is 0.163 e. The summed E-state index contributed by atoms with van der Waals surface area (Å²) in [7, 11) is 0. The van der Waals surface area contributed by atoms with E-state index < -0.39 is 0 Å². The van der Waals surface area contributed by atoms with Crippen molar-refractivity contribution < 1.29 is 0 Å². The molecule has 0 saturated carbocycles. The van der Waals surface area contributed by atoms with Crippen LogP contribution in [0.15, 0.2) is 77.3 Å². The quantitative estimate of drug-likeness (QED) is 0.294. The van der Waals surface area contributed by atoms with E-state index in [-0.39, 0.29) is 0 Å². The van der Waals surface area contributed by atoms with Crippen LogP contribution in [0.4, 0.5) is 11.6 Å². The highest BCUT2D eigenvalue weighted by Gasteiger charge is 2.11. The Kier molecular flexibility index (Phi) is 5.03. The number of nitrogens with zero attached hydrogens (tertiary/aromatic N) is 3. The van der Waals surface area contributed by atoms with E-state index in [0.29, 0.717) is 18.9 Å². The Hall–Kier alpha value is -3.45. The van der Waals surface area contributed by atoms with Crippen molar-refractivity contribution in [1.29, 1.82) is 0 Å². The molecule has 0 atom stereocenters. The first-order chi connectivity index (χ1) is 14.8. The number of benzene rings is 3. The summed E-state index contributed by atoms with van der Waals surface area (Å²) < 4.78 is 0.971. The number of aromatic amines is 1. The van der Waals surface area contributed by atoms with Crippen molar-refractivity contribution in [2.24, 2.45) is 0 Å². The van der Waals surface area contributed by atoms with E-state index in [1.165, 1.54) is 0 Å². The molecule has 0 aliphatic carbocycles. The first-order valence-electron chi connectivity index (χ1n) is 9.72. The summed E-state index contributed by atoms with van der Waals surface area (Å²) in [4.78, 5) is 9.57. The zero-order valence-corrected chi connectivity index (χ0v) is 17.6. The number of fused-ring (bicyclic) bond motifs is 2. The topological polar surface area (TPSA) is 78.5 Å². The first kappa shape index (κ1) is 18.6. The summed E-state index contributed by atoms with van der Waals surface area (Å²) in [5.74, 6) is 2.36.